The largest absolute Gasteiger partial charge is 0.522 e. The Bertz CT molecular complexity index is 255. The summed E-state index contributed by atoms with van der Waals surface area (Å²) >= 11 is 0. The summed E-state index contributed by atoms with van der Waals surface area (Å²) in [7, 11) is 0. The number of nitrogens with zero attached hydrogens (tertiary/aromatic N) is 1. The standard InChI is InChI=1S/C12H21F3N2O/c13-12(14,15)18-10-9-17-7-3-11(4-8-17)1-5-16-6-2-11/h16H,1-10H2. The van der Waals surface area contributed by atoms with E-state index in [0.29, 0.717) is 12.0 Å². The van der Waals surface area contributed by atoms with Gasteiger partial charge in [0, 0.05) is 6.54 Å². The van der Waals surface area contributed by atoms with Gasteiger partial charge in [0.15, 0.2) is 0 Å². The van der Waals surface area contributed by atoms with Crippen molar-refractivity contribution in [1.29, 1.82) is 0 Å². The van der Waals surface area contributed by atoms with Crippen LogP contribution < -0.4 is 5.32 Å². The van der Waals surface area contributed by atoms with Gasteiger partial charge in [0.1, 0.15) is 0 Å². The van der Waals surface area contributed by atoms with Gasteiger partial charge in [-0.05, 0) is 57.3 Å². The van der Waals surface area contributed by atoms with Crippen molar-refractivity contribution in [3.8, 4) is 0 Å². The number of ether oxygens (including phenoxy) is 1. The van der Waals surface area contributed by atoms with Crippen LogP contribution in [0.3, 0.4) is 0 Å². The summed E-state index contributed by atoms with van der Waals surface area (Å²) in [4.78, 5) is 2.08. The lowest BCUT2D eigenvalue weighted by molar-refractivity contribution is -0.325. The molecule has 2 fully saturated rings. The summed E-state index contributed by atoms with van der Waals surface area (Å²) in [5.74, 6) is 0. The van der Waals surface area contributed by atoms with Gasteiger partial charge in [-0.2, -0.15) is 0 Å². The molecule has 0 bridgehead atoms. The maximum atomic E-state index is 11.8. The summed E-state index contributed by atoms with van der Waals surface area (Å²) in [5.41, 5.74) is 0.451. The zero-order chi connectivity index (χ0) is 13.1. The van der Waals surface area contributed by atoms with Gasteiger partial charge >= 0.3 is 6.36 Å². The molecule has 18 heavy (non-hydrogen) atoms. The zero-order valence-electron chi connectivity index (χ0n) is 10.6. The average Bonchev–Trinajstić information content (AvgIpc) is 2.32. The minimum Gasteiger partial charge on any atom is -0.317 e. The van der Waals surface area contributed by atoms with E-state index in [9.17, 15) is 13.2 Å². The quantitative estimate of drug-likeness (QED) is 0.845. The van der Waals surface area contributed by atoms with Crippen molar-refractivity contribution in [3.05, 3.63) is 0 Å². The molecule has 106 valence electrons. The number of piperidine rings is 2. The fourth-order valence-corrected chi connectivity index (χ4v) is 3.00. The Labute approximate surface area is 106 Å². The van der Waals surface area contributed by atoms with Gasteiger partial charge in [-0.1, -0.05) is 0 Å². The Morgan fingerprint density at radius 1 is 1.06 bits per heavy atom. The molecule has 3 nitrogen and oxygen atoms in total. The van der Waals surface area contributed by atoms with Crippen molar-refractivity contribution in [2.75, 3.05) is 39.3 Å². The first-order valence-corrected chi connectivity index (χ1v) is 6.63. The van der Waals surface area contributed by atoms with Gasteiger partial charge in [0.05, 0.1) is 6.61 Å². The van der Waals surface area contributed by atoms with E-state index < -0.39 is 6.36 Å². The molecule has 0 amide bonds. The number of likely N-dealkylation sites (tertiary alicyclic amines) is 1. The number of alkyl halides is 3. The number of nitrogens with one attached hydrogen (secondary N) is 1. The van der Waals surface area contributed by atoms with Crippen LogP contribution >= 0.6 is 0 Å². The van der Waals surface area contributed by atoms with E-state index in [1.165, 1.54) is 12.8 Å². The van der Waals surface area contributed by atoms with Crippen LogP contribution in [0.15, 0.2) is 0 Å². The molecule has 2 aliphatic heterocycles. The third-order valence-electron chi connectivity index (χ3n) is 4.25. The van der Waals surface area contributed by atoms with Crippen molar-refractivity contribution in [3.63, 3.8) is 0 Å². The van der Waals surface area contributed by atoms with Crippen LogP contribution in [0, 0.1) is 5.41 Å². The van der Waals surface area contributed by atoms with E-state index in [1.807, 2.05) is 0 Å². The lowest BCUT2D eigenvalue weighted by atomic mass is 9.71. The molecule has 0 aliphatic carbocycles. The third kappa shape index (κ3) is 4.10. The van der Waals surface area contributed by atoms with E-state index in [2.05, 4.69) is 15.0 Å². The Balaban J connectivity index is 1.67. The van der Waals surface area contributed by atoms with E-state index in [-0.39, 0.29) is 6.61 Å². The van der Waals surface area contributed by atoms with Gasteiger partial charge in [0.2, 0.25) is 0 Å². The molecular formula is C12H21F3N2O. The predicted octanol–water partition coefficient (Wildman–Crippen LogP) is 1.99. The smallest absolute Gasteiger partial charge is 0.317 e. The second-order valence-electron chi connectivity index (χ2n) is 5.39. The van der Waals surface area contributed by atoms with Crippen LogP contribution in [0.25, 0.3) is 0 Å². The Morgan fingerprint density at radius 2 is 1.67 bits per heavy atom. The van der Waals surface area contributed by atoms with Crippen molar-refractivity contribution < 1.29 is 17.9 Å². The van der Waals surface area contributed by atoms with Crippen LogP contribution in [-0.2, 0) is 4.74 Å². The highest BCUT2D eigenvalue weighted by Crippen LogP contribution is 2.39. The highest BCUT2D eigenvalue weighted by Gasteiger charge is 2.35. The van der Waals surface area contributed by atoms with E-state index in [1.54, 1.807) is 0 Å². The van der Waals surface area contributed by atoms with Gasteiger partial charge in [-0.3, -0.25) is 4.74 Å². The molecule has 2 aliphatic rings. The molecular weight excluding hydrogens is 245 g/mol. The van der Waals surface area contributed by atoms with E-state index in [4.69, 9.17) is 0 Å². The summed E-state index contributed by atoms with van der Waals surface area (Å²) in [6, 6.07) is 0. The lowest BCUT2D eigenvalue weighted by Gasteiger charge is -2.44. The Kier molecular flexibility index (Phi) is 4.50. The van der Waals surface area contributed by atoms with Crippen molar-refractivity contribution in [1.82, 2.24) is 10.2 Å². The van der Waals surface area contributed by atoms with Gasteiger partial charge in [-0.25, -0.2) is 0 Å². The number of halogens is 3. The topological polar surface area (TPSA) is 24.5 Å². The van der Waals surface area contributed by atoms with Crippen molar-refractivity contribution in [2.24, 2.45) is 5.41 Å². The zero-order valence-corrected chi connectivity index (χ0v) is 10.6. The molecule has 0 aromatic heterocycles. The molecule has 1 spiro atoms. The minimum absolute atomic E-state index is 0.252. The molecule has 0 radical (unpaired) electrons. The summed E-state index contributed by atoms with van der Waals surface area (Å²) < 4.78 is 39.4. The third-order valence-corrected chi connectivity index (χ3v) is 4.25. The van der Waals surface area contributed by atoms with Crippen molar-refractivity contribution >= 4 is 0 Å². The van der Waals surface area contributed by atoms with Crippen molar-refractivity contribution in [2.45, 2.75) is 32.0 Å². The molecule has 0 unspecified atom stereocenters. The fourth-order valence-electron chi connectivity index (χ4n) is 3.00. The molecule has 2 heterocycles. The van der Waals surface area contributed by atoms with Crippen LogP contribution in [-0.4, -0.2) is 50.6 Å². The predicted molar refractivity (Wildman–Crippen MR) is 62.2 cm³/mol. The maximum Gasteiger partial charge on any atom is 0.522 e. The van der Waals surface area contributed by atoms with Crippen LogP contribution in [0.4, 0.5) is 13.2 Å². The lowest BCUT2D eigenvalue weighted by Crippen LogP contribution is -2.46. The minimum atomic E-state index is -4.49. The average molecular weight is 266 g/mol. The second kappa shape index (κ2) is 5.75. The number of hydrogen-bond acceptors (Lipinski definition) is 3. The van der Waals surface area contributed by atoms with Gasteiger partial charge < -0.3 is 10.2 Å². The molecule has 1 N–H and O–H groups in total. The molecule has 0 saturated carbocycles. The van der Waals surface area contributed by atoms with Gasteiger partial charge in [0.25, 0.3) is 0 Å². The van der Waals surface area contributed by atoms with E-state index >= 15 is 0 Å². The molecule has 0 aromatic rings. The number of rotatable bonds is 3. The molecule has 2 rings (SSSR count). The van der Waals surface area contributed by atoms with Crippen LogP contribution in [0.2, 0.25) is 0 Å². The first-order chi connectivity index (χ1) is 8.49. The summed E-state index contributed by atoms with van der Waals surface area (Å²) in [6.45, 7) is 4.10. The first kappa shape index (κ1) is 14.1. The molecule has 0 aromatic carbocycles. The normalized spacial score (nSPS) is 25.5. The fraction of sp³-hybridized carbons (Fsp3) is 1.00. The second-order valence-corrected chi connectivity index (χ2v) is 5.39. The highest BCUT2D eigenvalue weighted by molar-refractivity contribution is 4.89. The Morgan fingerprint density at radius 3 is 2.22 bits per heavy atom. The SMILES string of the molecule is FC(F)(F)OCCN1CCC2(CCNCC2)CC1. The maximum absolute atomic E-state index is 11.8. The molecule has 0 atom stereocenters. The number of hydrogen-bond donors (Lipinski definition) is 1. The first-order valence-electron chi connectivity index (χ1n) is 6.63. The summed E-state index contributed by atoms with van der Waals surface area (Å²) in [5, 5.41) is 3.36. The monoisotopic (exact) mass is 266 g/mol. The summed E-state index contributed by atoms with van der Waals surface area (Å²) in [6.07, 6.45) is 0.146. The Hall–Kier alpha value is -0.330. The molecule has 2 saturated heterocycles. The van der Waals surface area contributed by atoms with Gasteiger partial charge in [-0.15, -0.1) is 13.2 Å². The van der Waals surface area contributed by atoms with Crippen LogP contribution in [0.1, 0.15) is 25.7 Å². The highest BCUT2D eigenvalue weighted by atomic mass is 19.4. The van der Waals surface area contributed by atoms with Crippen LogP contribution in [0.5, 0.6) is 0 Å². The van der Waals surface area contributed by atoms with E-state index in [0.717, 1.165) is 39.0 Å². The molecule has 6 heteroatoms.